The van der Waals surface area contributed by atoms with Crippen molar-refractivity contribution < 1.29 is 19.1 Å². The van der Waals surface area contributed by atoms with Crippen LogP contribution in [-0.2, 0) is 20.9 Å². The SMILES string of the molecule is CCCCCN(C(=O)CNC(=O)OC(C)(C)C)C(C(=O)NCc1ccccc1)c1cc(C)ccc1C. The first kappa shape index (κ1) is 28.9. The van der Waals surface area contributed by atoms with Crippen LogP contribution in [0.25, 0.3) is 0 Å². The lowest BCUT2D eigenvalue weighted by molar-refractivity contribution is -0.140. The molecule has 0 bridgehead atoms. The Balaban J connectivity index is 2.34. The van der Waals surface area contributed by atoms with Gasteiger partial charge in [-0.25, -0.2) is 4.79 Å². The van der Waals surface area contributed by atoms with Crippen molar-refractivity contribution in [3.8, 4) is 0 Å². The molecule has 36 heavy (non-hydrogen) atoms. The third-order valence-corrected chi connectivity index (χ3v) is 5.70. The van der Waals surface area contributed by atoms with Gasteiger partial charge in [-0.2, -0.15) is 0 Å². The summed E-state index contributed by atoms with van der Waals surface area (Å²) in [4.78, 5) is 40.9. The number of aryl methyl sites for hydroxylation is 2. The van der Waals surface area contributed by atoms with Crippen LogP contribution in [0.4, 0.5) is 4.79 Å². The lowest BCUT2D eigenvalue weighted by atomic mass is 9.96. The first-order chi connectivity index (χ1) is 17.0. The number of benzene rings is 2. The average molecular weight is 496 g/mol. The Morgan fingerprint density at radius 3 is 2.31 bits per heavy atom. The number of unbranched alkanes of at least 4 members (excludes halogenated alkanes) is 2. The Kier molecular flexibility index (Phi) is 11.0. The van der Waals surface area contributed by atoms with E-state index >= 15 is 0 Å². The van der Waals surface area contributed by atoms with E-state index < -0.39 is 17.7 Å². The highest BCUT2D eigenvalue weighted by Crippen LogP contribution is 2.27. The number of hydrogen-bond acceptors (Lipinski definition) is 4. The molecule has 196 valence electrons. The molecule has 3 amide bonds. The van der Waals surface area contributed by atoms with E-state index in [0.29, 0.717) is 13.1 Å². The minimum Gasteiger partial charge on any atom is -0.444 e. The van der Waals surface area contributed by atoms with Crippen LogP contribution in [-0.4, -0.2) is 41.5 Å². The Morgan fingerprint density at radius 1 is 0.972 bits per heavy atom. The van der Waals surface area contributed by atoms with Gasteiger partial charge in [0.15, 0.2) is 0 Å². The molecule has 0 aliphatic rings. The van der Waals surface area contributed by atoms with Crippen molar-refractivity contribution in [2.24, 2.45) is 0 Å². The van der Waals surface area contributed by atoms with Crippen molar-refractivity contribution >= 4 is 17.9 Å². The molecule has 0 saturated heterocycles. The number of nitrogens with one attached hydrogen (secondary N) is 2. The summed E-state index contributed by atoms with van der Waals surface area (Å²) in [6.45, 7) is 11.8. The highest BCUT2D eigenvalue weighted by molar-refractivity contribution is 5.90. The van der Waals surface area contributed by atoms with Crippen molar-refractivity contribution in [3.63, 3.8) is 0 Å². The van der Waals surface area contributed by atoms with E-state index in [9.17, 15) is 14.4 Å². The second kappa shape index (κ2) is 13.7. The van der Waals surface area contributed by atoms with Crippen LogP contribution in [0.2, 0.25) is 0 Å². The molecular formula is C29H41N3O4. The molecule has 7 heteroatoms. The minimum absolute atomic E-state index is 0.255. The zero-order chi connectivity index (χ0) is 26.7. The zero-order valence-electron chi connectivity index (χ0n) is 22.5. The predicted molar refractivity (Wildman–Crippen MR) is 142 cm³/mol. The molecule has 0 saturated carbocycles. The van der Waals surface area contributed by atoms with Crippen LogP contribution < -0.4 is 10.6 Å². The molecule has 0 aliphatic carbocycles. The quantitative estimate of drug-likeness (QED) is 0.419. The van der Waals surface area contributed by atoms with Crippen LogP contribution in [0.3, 0.4) is 0 Å². The van der Waals surface area contributed by atoms with Crippen LogP contribution in [0.5, 0.6) is 0 Å². The molecule has 0 heterocycles. The van der Waals surface area contributed by atoms with Gasteiger partial charge in [0.1, 0.15) is 18.2 Å². The second-order valence-electron chi connectivity index (χ2n) is 10.1. The van der Waals surface area contributed by atoms with Crippen LogP contribution >= 0.6 is 0 Å². The molecular weight excluding hydrogens is 454 g/mol. The van der Waals surface area contributed by atoms with Gasteiger partial charge in [0.05, 0.1) is 0 Å². The van der Waals surface area contributed by atoms with E-state index in [1.165, 1.54) is 0 Å². The maximum absolute atomic E-state index is 13.7. The van der Waals surface area contributed by atoms with Crippen molar-refractivity contribution in [3.05, 3.63) is 70.8 Å². The molecule has 0 radical (unpaired) electrons. The van der Waals surface area contributed by atoms with Crippen molar-refractivity contribution in [1.29, 1.82) is 0 Å². The van der Waals surface area contributed by atoms with Crippen molar-refractivity contribution in [1.82, 2.24) is 15.5 Å². The van der Waals surface area contributed by atoms with Crippen LogP contribution in [0.1, 0.15) is 75.3 Å². The smallest absolute Gasteiger partial charge is 0.408 e. The summed E-state index contributed by atoms with van der Waals surface area (Å²) in [5, 5.41) is 5.58. The first-order valence-corrected chi connectivity index (χ1v) is 12.7. The molecule has 1 atom stereocenters. The molecule has 0 aliphatic heterocycles. The number of carbonyl (C=O) groups is 3. The van der Waals surface area contributed by atoms with E-state index in [1.807, 2.05) is 62.4 Å². The summed E-state index contributed by atoms with van der Waals surface area (Å²) in [5.41, 5.74) is 3.01. The Bertz CT molecular complexity index is 1010. The Hall–Kier alpha value is -3.35. The van der Waals surface area contributed by atoms with E-state index in [0.717, 1.165) is 41.5 Å². The Labute approximate surface area is 215 Å². The summed E-state index contributed by atoms with van der Waals surface area (Å²) in [5.74, 6) is -0.590. The number of nitrogens with zero attached hydrogens (tertiary/aromatic N) is 1. The van der Waals surface area contributed by atoms with Gasteiger partial charge in [0.2, 0.25) is 11.8 Å². The third-order valence-electron chi connectivity index (χ3n) is 5.70. The summed E-state index contributed by atoms with van der Waals surface area (Å²) in [6.07, 6.45) is 1.99. The standard InChI is InChI=1S/C29H41N3O4/c1-7-8-12-17-32(25(33)20-31-28(35)36-29(4,5)6)26(24-18-21(2)15-16-22(24)3)27(34)30-19-23-13-10-9-11-14-23/h9-11,13-16,18,26H,7-8,12,17,19-20H2,1-6H3,(H,30,34)(H,31,35). The second-order valence-corrected chi connectivity index (χ2v) is 10.1. The molecule has 1 unspecified atom stereocenters. The molecule has 2 rings (SSSR count). The van der Waals surface area contributed by atoms with Gasteiger partial charge in [-0.3, -0.25) is 9.59 Å². The Morgan fingerprint density at radius 2 is 1.67 bits per heavy atom. The van der Waals surface area contributed by atoms with Crippen LogP contribution in [0.15, 0.2) is 48.5 Å². The zero-order valence-corrected chi connectivity index (χ0v) is 22.5. The molecule has 0 fully saturated rings. The number of rotatable bonds is 11. The summed E-state index contributed by atoms with van der Waals surface area (Å²) in [7, 11) is 0. The number of ether oxygens (including phenoxy) is 1. The molecule has 2 aromatic rings. The van der Waals surface area contributed by atoms with E-state index in [-0.39, 0.29) is 18.4 Å². The fraction of sp³-hybridized carbons (Fsp3) is 0.483. The minimum atomic E-state index is -0.821. The summed E-state index contributed by atoms with van der Waals surface area (Å²) >= 11 is 0. The maximum Gasteiger partial charge on any atom is 0.408 e. The number of alkyl carbamates (subject to hydrolysis) is 1. The van der Waals surface area contributed by atoms with E-state index in [1.54, 1.807) is 25.7 Å². The molecule has 0 aromatic heterocycles. The average Bonchev–Trinajstić information content (AvgIpc) is 2.82. The van der Waals surface area contributed by atoms with Gasteiger partial charge in [0.25, 0.3) is 0 Å². The molecule has 7 nitrogen and oxygen atoms in total. The number of hydrogen-bond donors (Lipinski definition) is 2. The van der Waals surface area contributed by atoms with Gasteiger partial charge < -0.3 is 20.3 Å². The maximum atomic E-state index is 13.7. The lowest BCUT2D eigenvalue weighted by Gasteiger charge is -2.33. The van der Waals surface area contributed by atoms with Crippen molar-refractivity contribution in [2.45, 2.75) is 79.0 Å². The normalized spacial score (nSPS) is 11.9. The van der Waals surface area contributed by atoms with Crippen LogP contribution in [0, 0.1) is 13.8 Å². The fourth-order valence-electron chi connectivity index (χ4n) is 3.88. The lowest BCUT2D eigenvalue weighted by Crippen LogP contribution is -2.48. The summed E-state index contributed by atoms with van der Waals surface area (Å²) in [6, 6.07) is 14.8. The largest absolute Gasteiger partial charge is 0.444 e. The highest BCUT2D eigenvalue weighted by Gasteiger charge is 2.32. The van der Waals surface area contributed by atoms with E-state index in [2.05, 4.69) is 17.6 Å². The van der Waals surface area contributed by atoms with Gasteiger partial charge in [-0.05, 0) is 57.7 Å². The van der Waals surface area contributed by atoms with Gasteiger partial charge >= 0.3 is 6.09 Å². The first-order valence-electron chi connectivity index (χ1n) is 12.7. The monoisotopic (exact) mass is 495 g/mol. The number of amides is 3. The molecule has 0 spiro atoms. The van der Waals surface area contributed by atoms with Gasteiger partial charge in [0, 0.05) is 13.1 Å². The molecule has 2 aromatic carbocycles. The predicted octanol–water partition coefficient (Wildman–Crippen LogP) is 5.20. The number of carbonyl (C=O) groups excluding carboxylic acids is 3. The van der Waals surface area contributed by atoms with Crippen molar-refractivity contribution in [2.75, 3.05) is 13.1 Å². The van der Waals surface area contributed by atoms with Gasteiger partial charge in [-0.15, -0.1) is 0 Å². The third kappa shape index (κ3) is 9.36. The molecule has 2 N–H and O–H groups in total. The van der Waals surface area contributed by atoms with E-state index in [4.69, 9.17) is 4.74 Å². The highest BCUT2D eigenvalue weighted by atomic mass is 16.6. The van der Waals surface area contributed by atoms with Gasteiger partial charge in [-0.1, -0.05) is 73.9 Å². The topological polar surface area (TPSA) is 87.7 Å². The fourth-order valence-corrected chi connectivity index (χ4v) is 3.88. The summed E-state index contributed by atoms with van der Waals surface area (Å²) < 4.78 is 5.28.